The monoisotopic (exact) mass is 281 g/mol. The van der Waals surface area contributed by atoms with Crippen LogP contribution in [0.2, 0.25) is 0 Å². The first-order valence-electron chi connectivity index (χ1n) is 4.54. The normalized spacial score (nSPS) is 10.4. The van der Waals surface area contributed by atoms with Crippen molar-refractivity contribution >= 4 is 21.9 Å². The highest BCUT2D eigenvalue weighted by Gasteiger charge is 2.13. The number of hydrogen-bond acceptors (Lipinski definition) is 3. The summed E-state index contributed by atoms with van der Waals surface area (Å²) >= 11 is 3.40. The van der Waals surface area contributed by atoms with Crippen LogP contribution >= 0.6 is 15.9 Å². The van der Waals surface area contributed by atoms with Crippen LogP contribution in [0.1, 0.15) is 16.1 Å². The number of benzene rings is 1. The van der Waals surface area contributed by atoms with Crippen molar-refractivity contribution in [1.82, 2.24) is 5.16 Å². The molecule has 5 heteroatoms. The molecule has 1 N–H and O–H groups in total. The standard InChI is InChI=1S/C11H8BrNO3/c1-6-2-3-7(8(12)4-6)9-5-10(11(14)15)16-13-9/h2-5H,1H3,(H,14,15). The number of aryl methyl sites for hydroxylation is 1. The molecule has 0 saturated carbocycles. The molecule has 0 aliphatic rings. The van der Waals surface area contributed by atoms with E-state index in [0.717, 1.165) is 15.6 Å². The van der Waals surface area contributed by atoms with Gasteiger partial charge in [-0.1, -0.05) is 33.2 Å². The molecule has 2 rings (SSSR count). The van der Waals surface area contributed by atoms with Crippen molar-refractivity contribution in [2.45, 2.75) is 6.92 Å². The molecule has 16 heavy (non-hydrogen) atoms. The fourth-order valence-electron chi connectivity index (χ4n) is 1.33. The predicted molar refractivity (Wildman–Crippen MR) is 61.3 cm³/mol. The summed E-state index contributed by atoms with van der Waals surface area (Å²) in [6, 6.07) is 7.13. The third-order valence-electron chi connectivity index (χ3n) is 2.12. The van der Waals surface area contributed by atoms with Crippen molar-refractivity contribution in [3.8, 4) is 11.3 Å². The molecule has 1 heterocycles. The summed E-state index contributed by atoms with van der Waals surface area (Å²) in [5.41, 5.74) is 2.42. The summed E-state index contributed by atoms with van der Waals surface area (Å²) in [5, 5.41) is 12.4. The van der Waals surface area contributed by atoms with Gasteiger partial charge in [0.25, 0.3) is 0 Å². The number of hydrogen-bond donors (Lipinski definition) is 1. The Hall–Kier alpha value is -1.62. The highest BCUT2D eigenvalue weighted by Crippen LogP contribution is 2.28. The second-order valence-corrected chi connectivity index (χ2v) is 4.22. The van der Waals surface area contributed by atoms with E-state index in [0.29, 0.717) is 5.69 Å². The molecule has 0 saturated heterocycles. The van der Waals surface area contributed by atoms with Gasteiger partial charge in [-0.2, -0.15) is 0 Å². The van der Waals surface area contributed by atoms with Crippen LogP contribution in [0, 0.1) is 6.92 Å². The van der Waals surface area contributed by atoms with Crippen molar-refractivity contribution < 1.29 is 14.4 Å². The lowest BCUT2D eigenvalue weighted by Gasteiger charge is -2.00. The van der Waals surface area contributed by atoms with E-state index in [1.54, 1.807) is 0 Å². The summed E-state index contributed by atoms with van der Waals surface area (Å²) in [6.45, 7) is 1.97. The summed E-state index contributed by atoms with van der Waals surface area (Å²) < 4.78 is 5.55. The van der Waals surface area contributed by atoms with Crippen molar-refractivity contribution in [3.05, 3.63) is 40.1 Å². The van der Waals surface area contributed by atoms with E-state index in [2.05, 4.69) is 21.1 Å². The van der Waals surface area contributed by atoms with Gasteiger partial charge < -0.3 is 9.63 Å². The molecule has 4 nitrogen and oxygen atoms in total. The van der Waals surface area contributed by atoms with E-state index in [1.807, 2.05) is 25.1 Å². The van der Waals surface area contributed by atoms with Gasteiger partial charge in [-0.25, -0.2) is 4.79 Å². The largest absolute Gasteiger partial charge is 0.475 e. The van der Waals surface area contributed by atoms with Crippen molar-refractivity contribution in [3.63, 3.8) is 0 Å². The zero-order valence-corrected chi connectivity index (χ0v) is 9.98. The van der Waals surface area contributed by atoms with Gasteiger partial charge in [0.15, 0.2) is 0 Å². The number of rotatable bonds is 2. The van der Waals surface area contributed by atoms with Crippen molar-refractivity contribution in [2.75, 3.05) is 0 Å². The first-order valence-corrected chi connectivity index (χ1v) is 5.34. The molecular formula is C11H8BrNO3. The highest BCUT2D eigenvalue weighted by molar-refractivity contribution is 9.10. The Labute approximate surface area is 100 Å². The molecule has 0 fully saturated rings. The number of halogens is 1. The quantitative estimate of drug-likeness (QED) is 0.919. The predicted octanol–water partition coefficient (Wildman–Crippen LogP) is 3.11. The first kappa shape index (κ1) is 10.9. The highest BCUT2D eigenvalue weighted by atomic mass is 79.9. The Morgan fingerprint density at radius 3 is 2.75 bits per heavy atom. The number of aromatic carboxylic acids is 1. The van der Waals surface area contributed by atoms with Gasteiger partial charge in [0.05, 0.1) is 0 Å². The minimum atomic E-state index is -1.12. The lowest BCUT2D eigenvalue weighted by molar-refractivity contribution is 0.0652. The zero-order valence-electron chi connectivity index (χ0n) is 8.40. The Morgan fingerprint density at radius 2 is 2.19 bits per heavy atom. The first-order chi connectivity index (χ1) is 7.58. The molecule has 0 amide bonds. The average Bonchev–Trinajstić information content (AvgIpc) is 2.66. The van der Waals surface area contributed by atoms with Crippen LogP contribution in [0.4, 0.5) is 0 Å². The number of carboxylic acids is 1. The average molecular weight is 282 g/mol. The van der Waals surface area contributed by atoms with Gasteiger partial charge in [0, 0.05) is 16.1 Å². The van der Waals surface area contributed by atoms with Crippen molar-refractivity contribution in [1.29, 1.82) is 0 Å². The van der Waals surface area contributed by atoms with Crippen LogP contribution in [0.25, 0.3) is 11.3 Å². The van der Waals surface area contributed by atoms with Gasteiger partial charge >= 0.3 is 5.97 Å². The molecule has 0 aliphatic heterocycles. The number of carboxylic acid groups (broad SMARTS) is 1. The van der Waals surface area contributed by atoms with Gasteiger partial charge in [-0.15, -0.1) is 0 Å². The maximum Gasteiger partial charge on any atom is 0.374 e. The van der Waals surface area contributed by atoms with Crippen LogP contribution in [0.3, 0.4) is 0 Å². The topological polar surface area (TPSA) is 63.3 Å². The van der Waals surface area contributed by atoms with Crippen LogP contribution in [-0.4, -0.2) is 16.2 Å². The smallest absolute Gasteiger partial charge is 0.374 e. The lowest BCUT2D eigenvalue weighted by Crippen LogP contribution is -1.91. The van der Waals surface area contributed by atoms with E-state index in [-0.39, 0.29) is 5.76 Å². The van der Waals surface area contributed by atoms with Crippen LogP contribution in [0.15, 0.2) is 33.3 Å². The van der Waals surface area contributed by atoms with Crippen LogP contribution < -0.4 is 0 Å². The number of nitrogens with zero attached hydrogens (tertiary/aromatic N) is 1. The molecular weight excluding hydrogens is 274 g/mol. The molecule has 2 aromatic rings. The second kappa shape index (κ2) is 4.09. The Bertz CT molecular complexity index is 548. The summed E-state index contributed by atoms with van der Waals surface area (Å²) in [6.07, 6.45) is 0. The SMILES string of the molecule is Cc1ccc(-c2cc(C(=O)O)on2)c(Br)c1. The van der Waals surface area contributed by atoms with E-state index in [1.165, 1.54) is 6.07 Å². The minimum absolute atomic E-state index is 0.164. The maximum absolute atomic E-state index is 10.6. The Morgan fingerprint density at radius 1 is 1.44 bits per heavy atom. The van der Waals surface area contributed by atoms with Gasteiger partial charge in [-0.3, -0.25) is 0 Å². The molecule has 0 radical (unpaired) electrons. The van der Waals surface area contributed by atoms with Gasteiger partial charge in [0.1, 0.15) is 5.69 Å². The molecule has 0 aliphatic carbocycles. The third kappa shape index (κ3) is 1.99. The molecule has 0 unspecified atom stereocenters. The van der Waals surface area contributed by atoms with E-state index in [4.69, 9.17) is 9.63 Å². The van der Waals surface area contributed by atoms with Gasteiger partial charge in [0.2, 0.25) is 5.76 Å². The van der Waals surface area contributed by atoms with E-state index >= 15 is 0 Å². The Balaban J connectivity index is 2.46. The molecule has 1 aromatic carbocycles. The summed E-state index contributed by atoms with van der Waals surface area (Å²) in [7, 11) is 0. The Kier molecular flexibility index (Phi) is 2.78. The van der Waals surface area contributed by atoms with Crippen LogP contribution in [0.5, 0.6) is 0 Å². The minimum Gasteiger partial charge on any atom is -0.475 e. The van der Waals surface area contributed by atoms with E-state index < -0.39 is 5.97 Å². The number of carbonyl (C=O) groups is 1. The fourth-order valence-corrected chi connectivity index (χ4v) is 2.03. The fraction of sp³-hybridized carbons (Fsp3) is 0.0909. The summed E-state index contributed by atoms with van der Waals surface area (Å²) in [4.78, 5) is 10.6. The summed E-state index contributed by atoms with van der Waals surface area (Å²) in [5.74, 6) is -1.29. The molecule has 0 bridgehead atoms. The molecule has 0 atom stereocenters. The zero-order chi connectivity index (χ0) is 11.7. The van der Waals surface area contributed by atoms with E-state index in [9.17, 15) is 4.79 Å². The molecule has 82 valence electrons. The lowest BCUT2D eigenvalue weighted by atomic mass is 10.1. The van der Waals surface area contributed by atoms with Crippen LogP contribution in [-0.2, 0) is 0 Å². The van der Waals surface area contributed by atoms with Gasteiger partial charge in [-0.05, 0) is 18.6 Å². The number of aromatic nitrogens is 1. The molecule has 1 aromatic heterocycles. The maximum atomic E-state index is 10.6. The third-order valence-corrected chi connectivity index (χ3v) is 2.78. The van der Waals surface area contributed by atoms with Crippen molar-refractivity contribution in [2.24, 2.45) is 0 Å². The second-order valence-electron chi connectivity index (χ2n) is 3.36. The molecule has 0 spiro atoms.